The number of amides is 1. The smallest absolute Gasteiger partial charge is 0.264 e. The lowest BCUT2D eigenvalue weighted by Gasteiger charge is -2.49. The van der Waals surface area contributed by atoms with E-state index >= 15 is 0 Å². The van der Waals surface area contributed by atoms with E-state index in [0.29, 0.717) is 36.7 Å². The van der Waals surface area contributed by atoms with E-state index in [2.05, 4.69) is 40.8 Å². The van der Waals surface area contributed by atoms with E-state index in [1.807, 2.05) is 55.5 Å². The topological polar surface area (TPSA) is 84.9 Å². The summed E-state index contributed by atoms with van der Waals surface area (Å²) in [5, 5.41) is -0.0732. The number of halogens is 1. The second kappa shape index (κ2) is 13.4. The van der Waals surface area contributed by atoms with Crippen LogP contribution in [0.2, 0.25) is 5.02 Å². The number of carbonyl (C=O) groups is 1. The maximum absolute atomic E-state index is 14.1. The molecule has 4 aliphatic rings. The number of nitrogens with one attached hydrogen (secondary N) is 1. The summed E-state index contributed by atoms with van der Waals surface area (Å²) in [7, 11) is -2.28. The molecular weight excluding hydrogens is 656 g/mol. The van der Waals surface area contributed by atoms with E-state index in [9.17, 15) is 13.2 Å². The van der Waals surface area contributed by atoms with Crippen molar-refractivity contribution in [1.29, 1.82) is 0 Å². The van der Waals surface area contributed by atoms with Crippen molar-refractivity contribution in [2.24, 2.45) is 17.8 Å². The number of fused-ring (bicyclic) bond motifs is 4. The summed E-state index contributed by atoms with van der Waals surface area (Å²) >= 11 is 6.46. The third-order valence-electron chi connectivity index (χ3n) is 11.9. The predicted molar refractivity (Wildman–Crippen MR) is 195 cm³/mol. The number of carbonyl (C=O) groups excluding carboxylic acids is 1. The Morgan fingerprint density at radius 1 is 1.08 bits per heavy atom. The summed E-state index contributed by atoms with van der Waals surface area (Å²) in [6.07, 6.45) is 10.2. The van der Waals surface area contributed by atoms with E-state index in [4.69, 9.17) is 21.1 Å². The van der Waals surface area contributed by atoms with Gasteiger partial charge in [0.1, 0.15) is 5.75 Å². The monoisotopic (exact) mass is 702 g/mol. The lowest BCUT2D eigenvalue weighted by atomic mass is 9.64. The van der Waals surface area contributed by atoms with Gasteiger partial charge in [-0.05, 0) is 117 Å². The van der Waals surface area contributed by atoms with Crippen LogP contribution in [0.3, 0.4) is 0 Å². The summed E-state index contributed by atoms with van der Waals surface area (Å²) in [5.41, 5.74) is 3.83. The van der Waals surface area contributed by atoms with Crippen LogP contribution in [0.15, 0.2) is 78.9 Å². The molecule has 0 saturated heterocycles. The Balaban J connectivity index is 1.31. The number of benzene rings is 3. The van der Waals surface area contributed by atoms with Gasteiger partial charge in [-0.2, -0.15) is 0 Å². The molecule has 1 spiro atoms. The first-order valence-electron chi connectivity index (χ1n) is 17.6. The molecule has 1 N–H and O–H groups in total. The number of ether oxygens (including phenoxy) is 2. The molecule has 2 heterocycles. The van der Waals surface area contributed by atoms with Crippen LogP contribution in [0.1, 0.15) is 73.0 Å². The third-order valence-corrected chi connectivity index (χ3v) is 14.0. The quantitative estimate of drug-likeness (QED) is 0.285. The number of hydrogen-bond acceptors (Lipinski definition) is 6. The average molecular weight is 703 g/mol. The Kier molecular flexibility index (Phi) is 9.35. The van der Waals surface area contributed by atoms with Crippen molar-refractivity contribution in [3.8, 4) is 5.75 Å². The molecule has 1 saturated carbocycles. The number of allylic oxidation sites excluding steroid dienone is 1. The summed E-state index contributed by atoms with van der Waals surface area (Å²) in [6.45, 7) is 6.12. The molecule has 0 aromatic heterocycles. The molecule has 9 heteroatoms. The lowest BCUT2D eigenvalue weighted by Crippen LogP contribution is -2.52. The fourth-order valence-electron chi connectivity index (χ4n) is 8.82. The zero-order chi connectivity index (χ0) is 34.4. The van der Waals surface area contributed by atoms with Gasteiger partial charge in [0.15, 0.2) is 0 Å². The van der Waals surface area contributed by atoms with Crippen molar-refractivity contribution in [2.45, 2.75) is 75.1 Å². The van der Waals surface area contributed by atoms with Gasteiger partial charge in [0.2, 0.25) is 10.0 Å². The largest absolute Gasteiger partial charge is 0.490 e. The molecule has 1 fully saturated rings. The molecule has 2 bridgehead atoms. The number of anilines is 1. The van der Waals surface area contributed by atoms with Crippen molar-refractivity contribution in [2.75, 3.05) is 31.7 Å². The van der Waals surface area contributed by atoms with E-state index in [0.717, 1.165) is 61.5 Å². The summed E-state index contributed by atoms with van der Waals surface area (Å²) in [4.78, 5) is 16.3. The Morgan fingerprint density at radius 2 is 1.90 bits per heavy atom. The van der Waals surface area contributed by atoms with Crippen LogP contribution in [0, 0.1) is 17.8 Å². The molecule has 3 aromatic rings. The molecular formula is C40H47ClN2O5S. The van der Waals surface area contributed by atoms with Gasteiger partial charge in [-0.3, -0.25) is 4.79 Å². The van der Waals surface area contributed by atoms with Crippen molar-refractivity contribution < 1.29 is 22.7 Å². The van der Waals surface area contributed by atoms with Gasteiger partial charge in [-0.1, -0.05) is 67.1 Å². The maximum Gasteiger partial charge on any atom is 0.264 e. The van der Waals surface area contributed by atoms with Crippen molar-refractivity contribution in [3.63, 3.8) is 0 Å². The van der Waals surface area contributed by atoms with Gasteiger partial charge >= 0.3 is 0 Å². The highest BCUT2D eigenvalue weighted by molar-refractivity contribution is 7.90. The second-order valence-electron chi connectivity index (χ2n) is 14.9. The number of nitrogens with zero attached hydrogens (tertiary/aromatic N) is 1. The SMILES string of the molecule is CO[C@@]1(C)/C=C/C[C@H](C)[C@@H](Cc2ccccc2)S(=O)(=O)NC(=O)c2ccc3c(c2)N(C[C@@H]2CC[C@H]21)C[C@@]1(CCCc2cc(Cl)ccc21)CO3. The van der Waals surface area contributed by atoms with Crippen LogP contribution in [0.25, 0.3) is 0 Å². The zero-order valence-corrected chi connectivity index (χ0v) is 30.2. The summed E-state index contributed by atoms with van der Waals surface area (Å²) in [5.74, 6) is 0.474. The molecule has 7 nitrogen and oxygen atoms in total. The molecule has 0 unspecified atom stereocenters. The van der Waals surface area contributed by atoms with Gasteiger partial charge in [0, 0.05) is 36.2 Å². The molecule has 0 radical (unpaired) electrons. The fourth-order valence-corrected chi connectivity index (χ4v) is 10.7. The Bertz CT molecular complexity index is 1850. The van der Waals surface area contributed by atoms with E-state index < -0.39 is 26.8 Å². The van der Waals surface area contributed by atoms with Crippen molar-refractivity contribution in [1.82, 2.24) is 4.72 Å². The van der Waals surface area contributed by atoms with Gasteiger partial charge in [0.05, 0.1) is 23.1 Å². The highest BCUT2D eigenvalue weighted by Crippen LogP contribution is 2.49. The predicted octanol–water partition coefficient (Wildman–Crippen LogP) is 7.51. The second-order valence-corrected chi connectivity index (χ2v) is 17.3. The number of rotatable bonds is 3. The minimum Gasteiger partial charge on any atom is -0.490 e. The summed E-state index contributed by atoms with van der Waals surface area (Å²) in [6, 6.07) is 21.2. The first kappa shape index (κ1) is 34.1. The van der Waals surface area contributed by atoms with Crippen LogP contribution in [0.4, 0.5) is 5.69 Å². The van der Waals surface area contributed by atoms with Crippen LogP contribution in [-0.4, -0.2) is 52.0 Å². The highest BCUT2D eigenvalue weighted by atomic mass is 35.5. The number of hydrogen-bond donors (Lipinski definition) is 1. The van der Waals surface area contributed by atoms with Crippen LogP contribution < -0.4 is 14.4 Å². The third kappa shape index (κ3) is 6.64. The first-order chi connectivity index (χ1) is 23.5. The number of aryl methyl sites for hydroxylation is 1. The standard InChI is InChI=1S/C40H47ClN2O5S/c1-27-9-7-19-39(2,47-3)33-16-13-31(33)24-43-25-40(20-8-12-29-22-32(41)15-17-34(29)40)26-48-36-18-14-30(23-35(36)43)38(44)42-49(45,46)37(27)21-28-10-5-4-6-11-28/h4-7,10-11,14-15,17-19,22-23,27,31,33,37H,8-9,12-13,16,20-21,24-26H2,1-3H3,(H,42,44)/b19-7+/t27-,31-,33+,37+,39-,40-/m0/s1. The normalized spacial score (nSPS) is 31.7. The number of sulfonamides is 1. The molecule has 260 valence electrons. The van der Waals surface area contributed by atoms with Gasteiger partial charge in [0.25, 0.3) is 5.91 Å². The fraction of sp³-hybridized carbons (Fsp3) is 0.475. The zero-order valence-electron chi connectivity index (χ0n) is 28.7. The van der Waals surface area contributed by atoms with E-state index in [1.54, 1.807) is 13.2 Å². The van der Waals surface area contributed by atoms with Crippen molar-refractivity contribution >= 4 is 33.2 Å². The molecule has 2 aliphatic heterocycles. The molecule has 2 aliphatic carbocycles. The van der Waals surface area contributed by atoms with Crippen LogP contribution in [0.5, 0.6) is 5.75 Å². The molecule has 7 rings (SSSR count). The minimum absolute atomic E-state index is 0.256. The molecule has 49 heavy (non-hydrogen) atoms. The highest BCUT2D eigenvalue weighted by Gasteiger charge is 2.47. The Hall–Kier alpha value is -3.33. The molecule has 3 aromatic carbocycles. The summed E-state index contributed by atoms with van der Waals surface area (Å²) < 4.78 is 43.5. The van der Waals surface area contributed by atoms with E-state index in [-0.39, 0.29) is 17.3 Å². The van der Waals surface area contributed by atoms with Gasteiger partial charge in [-0.15, -0.1) is 0 Å². The molecule has 1 amide bonds. The Labute approximate surface area is 296 Å². The van der Waals surface area contributed by atoms with E-state index in [1.165, 1.54) is 11.1 Å². The van der Waals surface area contributed by atoms with Gasteiger partial charge < -0.3 is 14.4 Å². The van der Waals surface area contributed by atoms with Crippen LogP contribution in [-0.2, 0) is 33.0 Å². The first-order valence-corrected chi connectivity index (χ1v) is 19.6. The maximum atomic E-state index is 14.1. The lowest BCUT2D eigenvalue weighted by molar-refractivity contribution is -0.0622. The average Bonchev–Trinajstić information content (AvgIpc) is 3.22. The minimum atomic E-state index is -4.06. The van der Waals surface area contributed by atoms with Crippen LogP contribution >= 0.6 is 11.6 Å². The Morgan fingerprint density at radius 3 is 2.65 bits per heavy atom. The van der Waals surface area contributed by atoms with Crippen molar-refractivity contribution in [3.05, 3.63) is 106 Å². The molecule has 6 atom stereocenters. The van der Waals surface area contributed by atoms with Gasteiger partial charge in [-0.25, -0.2) is 13.1 Å². The number of methoxy groups -OCH3 is 1.